The van der Waals surface area contributed by atoms with Crippen molar-refractivity contribution in [1.82, 2.24) is 0 Å². The normalized spacial score (nSPS) is 13.9. The lowest BCUT2D eigenvalue weighted by molar-refractivity contribution is -0.161. The molecule has 0 aliphatic rings. The van der Waals surface area contributed by atoms with Crippen molar-refractivity contribution < 1.29 is 80.2 Å². The van der Waals surface area contributed by atoms with Crippen LogP contribution < -0.4 is 0 Å². The van der Waals surface area contributed by atoms with Gasteiger partial charge in [-0.2, -0.15) is 0 Å². The van der Waals surface area contributed by atoms with Crippen LogP contribution in [0.15, 0.2) is 0 Å². The molecular weight excluding hydrogens is 1410 g/mol. The molecule has 648 valence electrons. The summed E-state index contributed by atoms with van der Waals surface area (Å²) in [6.07, 6.45) is 69.6. The summed E-state index contributed by atoms with van der Waals surface area (Å²) in [4.78, 5) is 73.3. The molecule has 0 spiro atoms. The van der Waals surface area contributed by atoms with E-state index >= 15 is 0 Å². The van der Waals surface area contributed by atoms with Gasteiger partial charge in [0.2, 0.25) is 0 Å². The Labute approximate surface area is 670 Å². The van der Waals surface area contributed by atoms with Gasteiger partial charge in [-0.3, -0.25) is 37.3 Å². The number of rotatable bonds is 87. The second kappa shape index (κ2) is 78.6. The van der Waals surface area contributed by atoms with Crippen molar-refractivity contribution in [1.29, 1.82) is 0 Å². The Morgan fingerprint density at radius 3 is 0.569 bits per heavy atom. The van der Waals surface area contributed by atoms with Gasteiger partial charge in [-0.25, -0.2) is 9.13 Å². The Balaban J connectivity index is 5.22. The monoisotopic (exact) mass is 1590 g/mol. The minimum absolute atomic E-state index is 0.107. The molecule has 0 radical (unpaired) electrons. The molecule has 0 rings (SSSR count). The number of phosphoric acid groups is 2. The fourth-order valence-corrected chi connectivity index (χ4v) is 15.6. The van der Waals surface area contributed by atoms with Crippen LogP contribution in [0, 0.1) is 23.7 Å². The molecule has 109 heavy (non-hydrogen) atoms. The van der Waals surface area contributed by atoms with Gasteiger partial charge in [0.1, 0.15) is 19.3 Å². The van der Waals surface area contributed by atoms with Gasteiger partial charge in [-0.1, -0.05) is 421 Å². The summed E-state index contributed by atoms with van der Waals surface area (Å²) in [6.45, 7) is 14.4. The van der Waals surface area contributed by atoms with Gasteiger partial charge >= 0.3 is 39.5 Å². The minimum atomic E-state index is -4.97. The molecule has 0 aromatic heterocycles. The molecule has 0 aliphatic carbocycles. The highest BCUT2D eigenvalue weighted by Crippen LogP contribution is 2.45. The summed E-state index contributed by atoms with van der Waals surface area (Å²) in [5, 5.41) is 10.7. The Morgan fingerprint density at radius 1 is 0.229 bits per heavy atom. The maximum absolute atomic E-state index is 13.2. The molecule has 3 N–H and O–H groups in total. The summed E-state index contributed by atoms with van der Waals surface area (Å²) in [6, 6.07) is 0. The molecule has 17 nitrogen and oxygen atoms in total. The maximum atomic E-state index is 13.2. The van der Waals surface area contributed by atoms with E-state index in [1.165, 1.54) is 270 Å². The molecular formula is C90H176O17P2. The number of aliphatic hydroxyl groups excluding tert-OH is 1. The lowest BCUT2D eigenvalue weighted by atomic mass is 10.0. The highest BCUT2D eigenvalue weighted by atomic mass is 31.2. The van der Waals surface area contributed by atoms with E-state index in [2.05, 4.69) is 55.4 Å². The van der Waals surface area contributed by atoms with E-state index in [1.807, 2.05) is 0 Å². The molecule has 0 heterocycles. The average Bonchev–Trinajstić information content (AvgIpc) is 0.898. The van der Waals surface area contributed by atoms with Crippen molar-refractivity contribution in [2.24, 2.45) is 23.7 Å². The van der Waals surface area contributed by atoms with Gasteiger partial charge < -0.3 is 33.8 Å². The predicted molar refractivity (Wildman–Crippen MR) is 451 cm³/mol. The van der Waals surface area contributed by atoms with E-state index in [-0.39, 0.29) is 25.7 Å². The van der Waals surface area contributed by atoms with Gasteiger partial charge in [0.05, 0.1) is 26.4 Å². The van der Waals surface area contributed by atoms with Gasteiger partial charge in [-0.15, -0.1) is 0 Å². The van der Waals surface area contributed by atoms with E-state index < -0.39 is 97.5 Å². The van der Waals surface area contributed by atoms with Crippen molar-refractivity contribution in [3.05, 3.63) is 0 Å². The van der Waals surface area contributed by atoms with Crippen LogP contribution in [0.4, 0.5) is 0 Å². The third-order valence-corrected chi connectivity index (χ3v) is 23.0. The number of esters is 4. The fraction of sp³-hybridized carbons (Fsp3) is 0.956. The van der Waals surface area contributed by atoms with E-state index in [1.54, 1.807) is 0 Å². The summed E-state index contributed by atoms with van der Waals surface area (Å²) < 4.78 is 69.0. The molecule has 0 amide bonds. The Morgan fingerprint density at radius 2 is 0.385 bits per heavy atom. The molecule has 0 saturated carbocycles. The number of carbonyl (C=O) groups is 4. The van der Waals surface area contributed by atoms with Crippen LogP contribution in [-0.2, 0) is 65.4 Å². The lowest BCUT2D eigenvalue weighted by Gasteiger charge is -2.21. The van der Waals surface area contributed by atoms with Crippen LogP contribution in [0.25, 0.3) is 0 Å². The molecule has 0 aromatic rings. The van der Waals surface area contributed by atoms with Crippen molar-refractivity contribution >= 4 is 39.5 Å². The van der Waals surface area contributed by atoms with Crippen LogP contribution in [-0.4, -0.2) is 96.7 Å². The smallest absolute Gasteiger partial charge is 0.462 e. The van der Waals surface area contributed by atoms with Crippen molar-refractivity contribution in [2.75, 3.05) is 39.6 Å². The highest BCUT2D eigenvalue weighted by molar-refractivity contribution is 7.47. The van der Waals surface area contributed by atoms with Crippen molar-refractivity contribution in [3.8, 4) is 0 Å². The maximum Gasteiger partial charge on any atom is 0.472 e. The van der Waals surface area contributed by atoms with E-state index in [4.69, 9.17) is 37.0 Å². The first-order valence-corrected chi connectivity index (χ1v) is 49.2. The summed E-state index contributed by atoms with van der Waals surface area (Å²) in [5.74, 6) is 1.04. The number of unbranched alkanes of at least 4 members (excludes halogenated alkanes) is 53. The largest absolute Gasteiger partial charge is 0.472 e. The van der Waals surface area contributed by atoms with Gasteiger partial charge in [0, 0.05) is 25.7 Å². The van der Waals surface area contributed by atoms with Crippen molar-refractivity contribution in [2.45, 2.75) is 491 Å². The highest BCUT2D eigenvalue weighted by Gasteiger charge is 2.31. The first-order valence-electron chi connectivity index (χ1n) is 46.2. The quantitative estimate of drug-likeness (QED) is 0.0222. The minimum Gasteiger partial charge on any atom is -0.462 e. The van der Waals surface area contributed by atoms with Crippen molar-refractivity contribution in [3.63, 3.8) is 0 Å². The summed E-state index contributed by atoms with van der Waals surface area (Å²) in [5.41, 5.74) is 0. The first-order chi connectivity index (χ1) is 52.6. The molecule has 0 aliphatic heterocycles. The second-order valence-corrected chi connectivity index (χ2v) is 37.2. The topological polar surface area (TPSA) is 237 Å². The van der Waals surface area contributed by atoms with E-state index in [0.717, 1.165) is 114 Å². The molecule has 19 heteroatoms. The third-order valence-electron chi connectivity index (χ3n) is 21.1. The Kier molecular flexibility index (Phi) is 77.2. The molecule has 0 fully saturated rings. The Bertz CT molecular complexity index is 2110. The fourth-order valence-electron chi connectivity index (χ4n) is 14.0. The summed E-state index contributed by atoms with van der Waals surface area (Å²) >= 11 is 0. The van der Waals surface area contributed by atoms with Crippen LogP contribution in [0.1, 0.15) is 473 Å². The van der Waals surface area contributed by atoms with Gasteiger partial charge in [-0.05, 0) is 49.4 Å². The van der Waals surface area contributed by atoms with E-state index in [0.29, 0.717) is 31.6 Å². The number of hydrogen-bond donors (Lipinski definition) is 3. The van der Waals surface area contributed by atoms with E-state index in [9.17, 15) is 43.2 Å². The predicted octanol–water partition coefficient (Wildman–Crippen LogP) is 27.5. The lowest BCUT2D eigenvalue weighted by Crippen LogP contribution is -2.30. The number of hydrogen-bond acceptors (Lipinski definition) is 15. The standard InChI is InChI=1S/C90H176O17P2/c1-80(2)66-58-50-42-35-29-23-17-11-9-10-12-20-26-32-38-46-54-62-70-87(92)100-76-85(106-89(94)72-64-56-47-39-33-27-21-15-13-18-24-30-36-43-51-59-67-81(3)4)78-104-108(96,97)102-74-84(91)75-103-109(98,99)105-79-86(77-101-88(93)71-63-55-49-41-45-53-61-69-83(7)8)107-90(95)73-65-57-48-40-34-28-22-16-14-19-25-31-37-44-52-60-68-82(5)6/h80-86,91H,9-79H2,1-8H3,(H,96,97)(H,98,99)/t84?,85-,86-/m1/s1. The van der Waals surface area contributed by atoms with Crippen LogP contribution >= 0.6 is 15.6 Å². The van der Waals surface area contributed by atoms with Crippen LogP contribution in [0.2, 0.25) is 0 Å². The van der Waals surface area contributed by atoms with Crippen LogP contribution in [0.3, 0.4) is 0 Å². The second-order valence-electron chi connectivity index (χ2n) is 34.2. The summed E-state index contributed by atoms with van der Waals surface area (Å²) in [7, 11) is -9.93. The molecule has 5 atom stereocenters. The number of carbonyl (C=O) groups excluding carboxylic acids is 4. The number of aliphatic hydroxyl groups is 1. The molecule has 3 unspecified atom stereocenters. The zero-order valence-corrected chi connectivity index (χ0v) is 74.0. The first kappa shape index (κ1) is 107. The molecule has 0 bridgehead atoms. The molecule has 0 saturated heterocycles. The number of phosphoric ester groups is 2. The zero-order chi connectivity index (χ0) is 80.2. The Hall–Kier alpha value is -1.94. The zero-order valence-electron chi connectivity index (χ0n) is 72.2. The van der Waals surface area contributed by atoms with Gasteiger partial charge in [0.25, 0.3) is 0 Å². The average molecular weight is 1590 g/mol. The van der Waals surface area contributed by atoms with Gasteiger partial charge in [0.15, 0.2) is 12.2 Å². The molecule has 0 aromatic carbocycles. The number of ether oxygens (including phenoxy) is 4. The van der Waals surface area contributed by atoms with Crippen LogP contribution in [0.5, 0.6) is 0 Å². The third kappa shape index (κ3) is 83.8. The SMILES string of the molecule is CC(C)CCCCCCCCCCCCCCCCCCCCC(=O)OC[C@H](COP(=O)(O)OCC(O)COP(=O)(O)OC[C@@H](COC(=O)CCCCCCCCCC(C)C)OC(=O)CCCCCCCCCCCCCCCCCCC(C)C)OC(=O)CCCCCCCCCCCCCCCCCCC(C)C.